The van der Waals surface area contributed by atoms with Gasteiger partial charge in [0.15, 0.2) is 0 Å². The molecule has 1 rings (SSSR count). The van der Waals surface area contributed by atoms with Crippen molar-refractivity contribution in [2.24, 2.45) is 0 Å². The first kappa shape index (κ1) is 13.2. The van der Waals surface area contributed by atoms with Crippen LogP contribution in [0, 0.1) is 0 Å². The quantitative estimate of drug-likeness (QED) is 0.361. The van der Waals surface area contributed by atoms with Crippen molar-refractivity contribution in [3.8, 4) is 0 Å². The number of hydrogen-bond donors (Lipinski definition) is 0. The number of carbonyl (C=O) groups is 2. The summed E-state index contributed by atoms with van der Waals surface area (Å²) < 4.78 is 21.6. The summed E-state index contributed by atoms with van der Waals surface area (Å²) in [5.41, 5.74) is -0.624. The molecule has 0 saturated heterocycles. The zero-order valence-corrected chi connectivity index (χ0v) is 9.32. The van der Waals surface area contributed by atoms with Crippen LogP contribution in [0.4, 0.5) is 9.18 Å². The number of rotatable bonds is 4. The van der Waals surface area contributed by atoms with Crippen molar-refractivity contribution < 1.29 is 23.5 Å². The Bertz CT molecular complexity index is 430. The predicted molar refractivity (Wildman–Crippen MR) is 58.8 cm³/mol. The molecule has 0 aliphatic carbocycles. The first-order chi connectivity index (χ1) is 8.09. The van der Waals surface area contributed by atoms with Gasteiger partial charge in [-0.25, -0.2) is 9.59 Å². The molecule has 6 heteroatoms. The van der Waals surface area contributed by atoms with Crippen LogP contribution in [-0.4, -0.2) is 18.2 Å². The van der Waals surface area contributed by atoms with E-state index in [2.05, 4.69) is 9.47 Å². The van der Waals surface area contributed by atoms with Gasteiger partial charge in [-0.1, -0.05) is 30.3 Å². The van der Waals surface area contributed by atoms with Crippen molar-refractivity contribution in [2.75, 3.05) is 6.79 Å². The molecular weight excluding hydrogens is 251 g/mol. The topological polar surface area (TPSA) is 52.6 Å². The summed E-state index contributed by atoms with van der Waals surface area (Å²) >= 11 is 4.81. The minimum atomic E-state index is -1.23. The van der Waals surface area contributed by atoms with Crippen molar-refractivity contribution >= 4 is 29.1 Å². The van der Waals surface area contributed by atoms with Gasteiger partial charge in [0.05, 0.1) is 0 Å². The molecule has 0 saturated carbocycles. The molecule has 0 aliphatic heterocycles. The van der Waals surface area contributed by atoms with Crippen LogP contribution in [0.3, 0.4) is 0 Å². The number of ether oxygens (including phenoxy) is 2. The van der Waals surface area contributed by atoms with Gasteiger partial charge in [0.2, 0.25) is 12.6 Å². The molecular formula is C11H8ClFO4. The fourth-order valence-corrected chi connectivity index (χ4v) is 0.997. The highest BCUT2D eigenvalue weighted by Crippen LogP contribution is 2.09. The molecule has 0 aliphatic rings. The normalized spacial score (nSPS) is 10.8. The highest BCUT2D eigenvalue weighted by Gasteiger charge is 2.10. The molecule has 4 nitrogen and oxygen atoms in total. The minimum absolute atomic E-state index is 0.510. The van der Waals surface area contributed by atoms with Crippen molar-refractivity contribution in [3.63, 3.8) is 0 Å². The van der Waals surface area contributed by atoms with Crippen LogP contribution < -0.4 is 0 Å². The van der Waals surface area contributed by atoms with Crippen LogP contribution in [0.15, 0.2) is 36.2 Å². The fourth-order valence-electron chi connectivity index (χ4n) is 0.953. The number of halogens is 2. The van der Waals surface area contributed by atoms with Gasteiger partial charge in [-0.05, 0) is 11.6 Å². The summed E-state index contributed by atoms with van der Waals surface area (Å²) in [7, 11) is 0. The molecule has 0 unspecified atom stereocenters. The standard InChI is InChI=1S/C11H8ClFO4/c12-11(15)17-7-16-10(14)9(13)6-8-4-2-1-3-5-8/h1-6H,7H2. The van der Waals surface area contributed by atoms with Gasteiger partial charge in [0, 0.05) is 11.6 Å². The Morgan fingerprint density at radius 3 is 2.47 bits per heavy atom. The van der Waals surface area contributed by atoms with E-state index in [1.54, 1.807) is 30.3 Å². The van der Waals surface area contributed by atoms with Gasteiger partial charge in [-0.3, -0.25) is 0 Å². The van der Waals surface area contributed by atoms with E-state index in [1.165, 1.54) is 0 Å². The van der Waals surface area contributed by atoms with Gasteiger partial charge in [-0.2, -0.15) is 4.39 Å². The molecule has 0 radical (unpaired) electrons. The first-order valence-corrected chi connectivity index (χ1v) is 4.89. The number of esters is 1. The second-order valence-electron chi connectivity index (χ2n) is 2.83. The molecule has 0 spiro atoms. The van der Waals surface area contributed by atoms with Gasteiger partial charge in [-0.15, -0.1) is 0 Å². The Morgan fingerprint density at radius 1 is 1.24 bits per heavy atom. The molecule has 90 valence electrons. The summed E-state index contributed by atoms with van der Waals surface area (Å²) in [4.78, 5) is 21.2. The van der Waals surface area contributed by atoms with E-state index < -0.39 is 24.0 Å². The van der Waals surface area contributed by atoms with E-state index in [4.69, 9.17) is 11.6 Å². The molecule has 1 aromatic rings. The molecule has 0 heterocycles. The fraction of sp³-hybridized carbons (Fsp3) is 0.0909. The second kappa shape index (κ2) is 6.65. The molecule has 17 heavy (non-hydrogen) atoms. The lowest BCUT2D eigenvalue weighted by molar-refractivity contribution is -0.148. The van der Waals surface area contributed by atoms with Crippen LogP contribution in [0.2, 0.25) is 0 Å². The number of carbonyl (C=O) groups excluding carboxylic acids is 2. The average Bonchev–Trinajstić information content (AvgIpc) is 2.29. The van der Waals surface area contributed by atoms with E-state index in [0.717, 1.165) is 6.08 Å². The first-order valence-electron chi connectivity index (χ1n) is 4.51. The van der Waals surface area contributed by atoms with Crippen LogP contribution in [0.5, 0.6) is 0 Å². The lowest BCUT2D eigenvalue weighted by Gasteiger charge is -2.01. The van der Waals surface area contributed by atoms with Crippen LogP contribution in [-0.2, 0) is 14.3 Å². The molecule has 0 N–H and O–H groups in total. The zero-order chi connectivity index (χ0) is 12.7. The molecule has 0 aromatic heterocycles. The third kappa shape index (κ3) is 5.12. The van der Waals surface area contributed by atoms with E-state index in [1.807, 2.05) is 0 Å². The highest BCUT2D eigenvalue weighted by molar-refractivity contribution is 6.61. The van der Waals surface area contributed by atoms with Crippen molar-refractivity contribution in [1.29, 1.82) is 0 Å². The third-order valence-corrected chi connectivity index (χ3v) is 1.76. The lowest BCUT2D eigenvalue weighted by Crippen LogP contribution is -2.09. The monoisotopic (exact) mass is 258 g/mol. The third-order valence-electron chi connectivity index (χ3n) is 1.65. The summed E-state index contributed by atoms with van der Waals surface area (Å²) in [5, 5.41) is 0. The van der Waals surface area contributed by atoms with Crippen LogP contribution >= 0.6 is 11.6 Å². The van der Waals surface area contributed by atoms with E-state index in [-0.39, 0.29) is 0 Å². The summed E-state index contributed by atoms with van der Waals surface area (Å²) in [6.07, 6.45) is 1.00. The Kier molecular flexibility index (Phi) is 5.16. The van der Waals surface area contributed by atoms with Crippen LogP contribution in [0.25, 0.3) is 6.08 Å². The largest absolute Gasteiger partial charge is 0.423 e. The molecule has 0 bridgehead atoms. The van der Waals surface area contributed by atoms with Crippen molar-refractivity contribution in [1.82, 2.24) is 0 Å². The van der Waals surface area contributed by atoms with Gasteiger partial charge in [0.1, 0.15) is 0 Å². The minimum Gasteiger partial charge on any atom is -0.423 e. The Morgan fingerprint density at radius 2 is 1.88 bits per heavy atom. The Balaban J connectivity index is 2.52. The smallest absolute Gasteiger partial charge is 0.406 e. The molecule has 0 atom stereocenters. The summed E-state index contributed by atoms with van der Waals surface area (Å²) in [6.45, 7) is -0.725. The maximum absolute atomic E-state index is 13.2. The molecule has 1 aromatic carbocycles. The zero-order valence-electron chi connectivity index (χ0n) is 8.56. The molecule has 0 amide bonds. The van der Waals surface area contributed by atoms with Gasteiger partial charge < -0.3 is 9.47 Å². The maximum atomic E-state index is 13.2. The van der Waals surface area contributed by atoms with E-state index >= 15 is 0 Å². The maximum Gasteiger partial charge on any atom is 0.406 e. The van der Waals surface area contributed by atoms with Gasteiger partial charge >= 0.3 is 11.4 Å². The Labute approximate surface area is 102 Å². The van der Waals surface area contributed by atoms with Crippen LogP contribution in [0.1, 0.15) is 5.56 Å². The number of benzene rings is 1. The average molecular weight is 259 g/mol. The highest BCUT2D eigenvalue weighted by atomic mass is 35.5. The SMILES string of the molecule is O=C(Cl)OCOC(=O)C(F)=Cc1ccccc1. The Hall–Kier alpha value is -1.88. The lowest BCUT2D eigenvalue weighted by atomic mass is 10.2. The van der Waals surface area contributed by atoms with Crippen molar-refractivity contribution in [2.45, 2.75) is 0 Å². The van der Waals surface area contributed by atoms with E-state index in [9.17, 15) is 14.0 Å². The second-order valence-corrected chi connectivity index (χ2v) is 3.14. The summed E-state index contributed by atoms with van der Waals surface area (Å²) in [5.74, 6) is -2.33. The van der Waals surface area contributed by atoms with E-state index in [0.29, 0.717) is 5.56 Å². The van der Waals surface area contributed by atoms with Crippen molar-refractivity contribution in [3.05, 3.63) is 41.7 Å². The molecule has 0 fully saturated rings. The number of hydrogen-bond acceptors (Lipinski definition) is 4. The summed E-state index contributed by atoms with van der Waals surface area (Å²) in [6, 6.07) is 8.38. The predicted octanol–water partition coefficient (Wildman–Crippen LogP) is 2.87. The van der Waals surface area contributed by atoms with Gasteiger partial charge in [0.25, 0.3) is 0 Å².